The van der Waals surface area contributed by atoms with Gasteiger partial charge in [0, 0.05) is 22.0 Å². The van der Waals surface area contributed by atoms with Crippen LogP contribution in [0.5, 0.6) is 0 Å². The Morgan fingerprint density at radius 1 is 1.00 bits per heavy atom. The summed E-state index contributed by atoms with van der Waals surface area (Å²) < 4.78 is 0. The first-order valence-electron chi connectivity index (χ1n) is 7.49. The Balaban J connectivity index is 1.86. The van der Waals surface area contributed by atoms with Crippen LogP contribution in [0, 0.1) is 5.41 Å². The van der Waals surface area contributed by atoms with Crippen molar-refractivity contribution < 1.29 is 0 Å². The van der Waals surface area contributed by atoms with Crippen molar-refractivity contribution in [1.82, 2.24) is 0 Å². The van der Waals surface area contributed by atoms with Crippen molar-refractivity contribution in [2.24, 2.45) is 0 Å². The molecule has 21 heavy (non-hydrogen) atoms. The molecule has 0 fully saturated rings. The van der Waals surface area contributed by atoms with Crippen LogP contribution in [0.2, 0.25) is 0 Å². The molecule has 0 atom stereocenters. The van der Waals surface area contributed by atoms with E-state index in [1.165, 1.54) is 21.2 Å². The van der Waals surface area contributed by atoms with E-state index in [-0.39, 0.29) is 0 Å². The summed E-state index contributed by atoms with van der Waals surface area (Å²) in [5.74, 6) is 0. The van der Waals surface area contributed by atoms with E-state index >= 15 is 0 Å². The van der Waals surface area contributed by atoms with Crippen molar-refractivity contribution in [2.45, 2.75) is 36.0 Å². The lowest BCUT2D eigenvalue weighted by Crippen LogP contribution is -2.22. The zero-order valence-electron chi connectivity index (χ0n) is 12.3. The Morgan fingerprint density at radius 3 is 2.14 bits per heavy atom. The van der Waals surface area contributed by atoms with Gasteiger partial charge in [0.15, 0.2) is 0 Å². The van der Waals surface area contributed by atoms with Gasteiger partial charge in [-0.05, 0) is 43.5 Å². The van der Waals surface area contributed by atoms with Gasteiger partial charge in [0.05, 0.1) is 11.4 Å². The zero-order chi connectivity index (χ0) is 14.7. The monoisotopic (exact) mass is 296 g/mol. The first-order chi connectivity index (χ1) is 10.3. The molecule has 3 heteroatoms. The molecule has 0 spiro atoms. The fourth-order valence-electron chi connectivity index (χ4n) is 2.65. The first-order valence-corrected chi connectivity index (χ1v) is 8.31. The summed E-state index contributed by atoms with van der Waals surface area (Å²) in [6.45, 7) is 3.03. The second-order valence-corrected chi connectivity index (χ2v) is 6.33. The van der Waals surface area contributed by atoms with Gasteiger partial charge in [-0.15, -0.1) is 0 Å². The Bertz CT molecular complexity index is 606. The molecule has 2 aromatic rings. The Morgan fingerprint density at radius 2 is 1.57 bits per heavy atom. The van der Waals surface area contributed by atoms with Gasteiger partial charge in [-0.25, -0.2) is 0 Å². The SMILES string of the molecule is CCC(=N)CCCN1c2ccccc2Sc2ccccc21. The van der Waals surface area contributed by atoms with Gasteiger partial charge in [0.2, 0.25) is 0 Å². The molecule has 2 aromatic carbocycles. The van der Waals surface area contributed by atoms with Crippen molar-refractivity contribution in [3.05, 3.63) is 48.5 Å². The van der Waals surface area contributed by atoms with Crippen LogP contribution < -0.4 is 4.90 Å². The third-order valence-corrected chi connectivity index (χ3v) is 4.95. The standard InChI is InChI=1S/C18H20N2S/c1-2-14(19)8-7-13-20-15-9-3-5-11-17(15)21-18-12-6-4-10-16(18)20/h3-6,9-12,19H,2,7-8,13H2,1H3. The van der Waals surface area contributed by atoms with Gasteiger partial charge in [-0.3, -0.25) is 0 Å². The lowest BCUT2D eigenvalue weighted by atomic mass is 10.1. The summed E-state index contributed by atoms with van der Waals surface area (Å²) in [7, 11) is 0. The maximum atomic E-state index is 7.82. The van der Waals surface area contributed by atoms with Gasteiger partial charge in [0.25, 0.3) is 0 Å². The molecule has 0 radical (unpaired) electrons. The van der Waals surface area contributed by atoms with Crippen LogP contribution in [0.4, 0.5) is 11.4 Å². The highest BCUT2D eigenvalue weighted by Gasteiger charge is 2.22. The summed E-state index contributed by atoms with van der Waals surface area (Å²) in [5, 5.41) is 7.82. The van der Waals surface area contributed by atoms with E-state index < -0.39 is 0 Å². The Labute approximate surface area is 130 Å². The molecule has 1 aliphatic heterocycles. The number of nitrogens with zero attached hydrogens (tertiary/aromatic N) is 1. The van der Waals surface area contributed by atoms with Crippen LogP contribution in [-0.4, -0.2) is 12.3 Å². The van der Waals surface area contributed by atoms with E-state index in [0.29, 0.717) is 0 Å². The molecular weight excluding hydrogens is 276 g/mol. The van der Waals surface area contributed by atoms with Gasteiger partial charge in [-0.1, -0.05) is 43.0 Å². The molecule has 2 nitrogen and oxygen atoms in total. The number of nitrogens with one attached hydrogen (secondary N) is 1. The summed E-state index contributed by atoms with van der Waals surface area (Å²) in [6.07, 6.45) is 2.79. The van der Waals surface area contributed by atoms with Gasteiger partial charge in [0.1, 0.15) is 0 Å². The molecule has 108 valence electrons. The average molecular weight is 296 g/mol. The maximum Gasteiger partial charge on any atom is 0.0552 e. The largest absolute Gasteiger partial charge is 0.340 e. The molecule has 0 saturated carbocycles. The second kappa shape index (κ2) is 6.35. The Kier molecular flexibility index (Phi) is 4.30. The lowest BCUT2D eigenvalue weighted by molar-refractivity contribution is 0.819. The predicted octanol–water partition coefficient (Wildman–Crippen LogP) is 5.50. The molecule has 1 heterocycles. The normalized spacial score (nSPS) is 12.7. The third kappa shape index (κ3) is 2.98. The predicted molar refractivity (Wildman–Crippen MR) is 91.3 cm³/mol. The van der Waals surface area contributed by atoms with E-state index in [4.69, 9.17) is 5.41 Å². The zero-order valence-corrected chi connectivity index (χ0v) is 13.1. The highest BCUT2D eigenvalue weighted by atomic mass is 32.2. The highest BCUT2D eigenvalue weighted by Crippen LogP contribution is 2.47. The van der Waals surface area contributed by atoms with Crippen LogP contribution in [0.15, 0.2) is 58.3 Å². The molecule has 0 amide bonds. The number of fused-ring (bicyclic) bond motifs is 2. The van der Waals surface area contributed by atoms with Crippen molar-refractivity contribution >= 4 is 28.8 Å². The number of benzene rings is 2. The molecule has 0 aromatic heterocycles. The van der Waals surface area contributed by atoms with Crippen LogP contribution >= 0.6 is 11.8 Å². The van der Waals surface area contributed by atoms with E-state index in [9.17, 15) is 0 Å². The van der Waals surface area contributed by atoms with Crippen molar-refractivity contribution in [3.8, 4) is 0 Å². The number of hydrogen-bond donors (Lipinski definition) is 1. The van der Waals surface area contributed by atoms with E-state index in [0.717, 1.165) is 31.5 Å². The van der Waals surface area contributed by atoms with E-state index in [1.807, 2.05) is 11.8 Å². The van der Waals surface area contributed by atoms with Crippen LogP contribution in [0.1, 0.15) is 26.2 Å². The molecule has 1 aliphatic rings. The number of rotatable bonds is 5. The molecule has 0 aliphatic carbocycles. The quantitative estimate of drug-likeness (QED) is 0.738. The summed E-state index contributed by atoms with van der Waals surface area (Å²) >= 11 is 1.85. The minimum Gasteiger partial charge on any atom is -0.340 e. The highest BCUT2D eigenvalue weighted by molar-refractivity contribution is 7.99. The van der Waals surface area contributed by atoms with Crippen molar-refractivity contribution in [3.63, 3.8) is 0 Å². The third-order valence-electron chi connectivity index (χ3n) is 3.82. The van der Waals surface area contributed by atoms with Crippen molar-refractivity contribution in [2.75, 3.05) is 11.4 Å². The fourth-order valence-corrected chi connectivity index (χ4v) is 3.75. The van der Waals surface area contributed by atoms with Crippen LogP contribution in [-0.2, 0) is 0 Å². The molecule has 1 N–H and O–H groups in total. The molecule has 3 rings (SSSR count). The van der Waals surface area contributed by atoms with E-state index in [2.05, 4.69) is 60.4 Å². The lowest BCUT2D eigenvalue weighted by Gasteiger charge is -2.32. The minimum atomic E-state index is 0.850. The minimum absolute atomic E-state index is 0.850. The molecular formula is C18H20N2S. The van der Waals surface area contributed by atoms with E-state index in [1.54, 1.807) is 0 Å². The number of anilines is 2. The van der Waals surface area contributed by atoms with Crippen LogP contribution in [0.3, 0.4) is 0 Å². The van der Waals surface area contributed by atoms with Gasteiger partial charge in [-0.2, -0.15) is 0 Å². The average Bonchev–Trinajstić information content (AvgIpc) is 2.54. The fraction of sp³-hybridized carbons (Fsp3) is 0.278. The topological polar surface area (TPSA) is 27.1 Å². The van der Waals surface area contributed by atoms with Crippen LogP contribution in [0.25, 0.3) is 0 Å². The molecule has 0 saturated heterocycles. The smallest absolute Gasteiger partial charge is 0.0552 e. The summed E-state index contributed by atoms with van der Waals surface area (Å²) in [6, 6.07) is 17.2. The number of hydrogen-bond acceptors (Lipinski definition) is 3. The Hall–Kier alpha value is -1.74. The summed E-state index contributed by atoms with van der Waals surface area (Å²) in [5.41, 5.74) is 3.44. The summed E-state index contributed by atoms with van der Waals surface area (Å²) in [4.78, 5) is 5.05. The molecule has 0 unspecified atom stereocenters. The maximum absolute atomic E-state index is 7.82. The number of para-hydroxylation sites is 2. The second-order valence-electron chi connectivity index (χ2n) is 5.25. The first kappa shape index (κ1) is 14.2. The van der Waals surface area contributed by atoms with Gasteiger partial charge >= 0.3 is 0 Å². The van der Waals surface area contributed by atoms with Crippen molar-refractivity contribution in [1.29, 1.82) is 5.41 Å². The van der Waals surface area contributed by atoms with Gasteiger partial charge < -0.3 is 10.3 Å². The molecule has 0 bridgehead atoms.